The van der Waals surface area contributed by atoms with E-state index in [-0.39, 0.29) is 23.3 Å². The molecule has 9 heteroatoms. The number of nitrogens with zero attached hydrogens (tertiary/aromatic N) is 2. The van der Waals surface area contributed by atoms with Crippen molar-refractivity contribution in [2.24, 2.45) is 0 Å². The van der Waals surface area contributed by atoms with Crippen molar-refractivity contribution in [1.29, 1.82) is 0 Å². The van der Waals surface area contributed by atoms with Crippen LogP contribution in [0.3, 0.4) is 0 Å². The number of rotatable bonds is 11. The first-order valence-corrected chi connectivity index (χ1v) is 11.5. The number of hydrogen-bond donors (Lipinski definition) is 1. The van der Waals surface area contributed by atoms with Crippen LogP contribution in [0.2, 0.25) is 5.02 Å². The summed E-state index contributed by atoms with van der Waals surface area (Å²) in [6, 6.07) is 12.9. The molecule has 0 saturated heterocycles. The molecule has 2 aromatic carbocycles. The summed E-state index contributed by atoms with van der Waals surface area (Å²) in [6.07, 6.45) is 0.498. The molecular formula is C22H26ClN3O4S. The number of thioether (sulfide) groups is 1. The van der Waals surface area contributed by atoms with Gasteiger partial charge >= 0.3 is 0 Å². The SMILES string of the molecule is CCNC(=O)[C@@H](CC)N(Cc1ccc(Cl)cc1)C(=O)CSCc1ccc([N+](=O)[O-])cc1. The summed E-state index contributed by atoms with van der Waals surface area (Å²) in [5.74, 6) is 0.421. The predicted octanol–water partition coefficient (Wildman–Crippen LogP) is 4.42. The first-order chi connectivity index (χ1) is 14.8. The molecule has 0 bridgehead atoms. The van der Waals surface area contributed by atoms with Crippen LogP contribution in [0.1, 0.15) is 31.4 Å². The van der Waals surface area contributed by atoms with Crippen molar-refractivity contribution in [2.75, 3.05) is 12.3 Å². The fourth-order valence-electron chi connectivity index (χ4n) is 3.05. The zero-order valence-electron chi connectivity index (χ0n) is 17.5. The number of likely N-dealkylation sites (N-methyl/N-ethyl adjacent to an activating group) is 1. The molecule has 0 aliphatic heterocycles. The Kier molecular flexibility index (Phi) is 9.81. The van der Waals surface area contributed by atoms with E-state index in [2.05, 4.69) is 5.32 Å². The largest absolute Gasteiger partial charge is 0.355 e. The third-order valence-electron chi connectivity index (χ3n) is 4.64. The van der Waals surface area contributed by atoms with E-state index in [0.717, 1.165) is 11.1 Å². The number of carbonyl (C=O) groups excluding carboxylic acids is 2. The Hall–Kier alpha value is -2.58. The molecule has 1 N–H and O–H groups in total. The van der Waals surface area contributed by atoms with Gasteiger partial charge in [-0.05, 0) is 36.6 Å². The quantitative estimate of drug-likeness (QED) is 0.393. The monoisotopic (exact) mass is 463 g/mol. The van der Waals surface area contributed by atoms with Gasteiger partial charge in [-0.2, -0.15) is 0 Å². The first-order valence-electron chi connectivity index (χ1n) is 9.98. The molecule has 0 heterocycles. The maximum atomic E-state index is 13.1. The van der Waals surface area contributed by atoms with Crippen LogP contribution >= 0.6 is 23.4 Å². The number of nitrogens with one attached hydrogen (secondary N) is 1. The minimum atomic E-state index is -0.567. The Labute approximate surface area is 191 Å². The number of non-ortho nitro benzene ring substituents is 1. The highest BCUT2D eigenvalue weighted by molar-refractivity contribution is 7.99. The van der Waals surface area contributed by atoms with Crippen molar-refractivity contribution >= 4 is 40.9 Å². The lowest BCUT2D eigenvalue weighted by molar-refractivity contribution is -0.384. The Bertz CT molecular complexity index is 891. The van der Waals surface area contributed by atoms with E-state index in [4.69, 9.17) is 11.6 Å². The van der Waals surface area contributed by atoms with Crippen LogP contribution in [0, 0.1) is 10.1 Å². The van der Waals surface area contributed by atoms with Crippen LogP contribution < -0.4 is 5.32 Å². The average Bonchev–Trinajstić information content (AvgIpc) is 2.75. The Morgan fingerprint density at radius 2 is 1.71 bits per heavy atom. The van der Waals surface area contributed by atoms with Gasteiger partial charge < -0.3 is 10.2 Å². The van der Waals surface area contributed by atoms with Crippen LogP contribution in [-0.4, -0.2) is 40.0 Å². The third kappa shape index (κ3) is 7.56. The van der Waals surface area contributed by atoms with Crippen LogP contribution in [0.4, 0.5) is 5.69 Å². The number of benzene rings is 2. The summed E-state index contributed by atoms with van der Waals surface area (Å²) < 4.78 is 0. The standard InChI is InChI=1S/C22H26ClN3O4S/c1-3-20(22(28)24-4-2)25(13-16-5-9-18(23)10-6-16)21(27)15-31-14-17-7-11-19(12-8-17)26(29)30/h5-12,20H,3-4,13-15H2,1-2H3,(H,24,28)/t20-/m1/s1. The molecule has 0 aromatic heterocycles. The minimum absolute atomic E-state index is 0.0340. The summed E-state index contributed by atoms with van der Waals surface area (Å²) >= 11 is 7.37. The van der Waals surface area contributed by atoms with E-state index in [1.807, 2.05) is 26.0 Å². The number of carbonyl (C=O) groups is 2. The highest BCUT2D eigenvalue weighted by Gasteiger charge is 2.28. The van der Waals surface area contributed by atoms with Gasteiger partial charge in [0.15, 0.2) is 0 Å². The summed E-state index contributed by atoms with van der Waals surface area (Å²) in [4.78, 5) is 37.6. The number of hydrogen-bond acceptors (Lipinski definition) is 5. The van der Waals surface area contributed by atoms with E-state index in [1.165, 1.54) is 23.9 Å². The van der Waals surface area contributed by atoms with Gasteiger partial charge in [-0.1, -0.05) is 42.8 Å². The van der Waals surface area contributed by atoms with Gasteiger partial charge in [0.05, 0.1) is 10.7 Å². The number of nitro benzene ring substituents is 1. The minimum Gasteiger partial charge on any atom is -0.355 e. The lowest BCUT2D eigenvalue weighted by Gasteiger charge is -2.30. The van der Waals surface area contributed by atoms with Crippen molar-refractivity contribution in [2.45, 2.75) is 38.6 Å². The van der Waals surface area contributed by atoms with E-state index in [9.17, 15) is 19.7 Å². The highest BCUT2D eigenvalue weighted by Crippen LogP contribution is 2.20. The van der Waals surface area contributed by atoms with Crippen LogP contribution in [0.25, 0.3) is 0 Å². The highest BCUT2D eigenvalue weighted by atomic mass is 35.5. The van der Waals surface area contributed by atoms with Gasteiger partial charge in [0, 0.05) is 36.0 Å². The topological polar surface area (TPSA) is 92.6 Å². The van der Waals surface area contributed by atoms with Crippen LogP contribution in [0.15, 0.2) is 48.5 Å². The smallest absolute Gasteiger partial charge is 0.269 e. The van der Waals surface area contributed by atoms with Crippen molar-refractivity contribution in [3.05, 3.63) is 74.8 Å². The molecule has 166 valence electrons. The maximum Gasteiger partial charge on any atom is 0.269 e. The van der Waals surface area contributed by atoms with E-state index < -0.39 is 11.0 Å². The zero-order valence-corrected chi connectivity index (χ0v) is 19.1. The van der Waals surface area contributed by atoms with Crippen molar-refractivity contribution < 1.29 is 14.5 Å². The van der Waals surface area contributed by atoms with E-state index in [0.29, 0.717) is 30.3 Å². The molecule has 0 saturated carbocycles. The second-order valence-corrected chi connectivity index (χ2v) is 8.31. The lowest BCUT2D eigenvalue weighted by Crippen LogP contribution is -2.49. The average molecular weight is 464 g/mol. The molecule has 2 aromatic rings. The second kappa shape index (κ2) is 12.3. The van der Waals surface area contributed by atoms with Gasteiger partial charge in [0.25, 0.3) is 5.69 Å². The van der Waals surface area contributed by atoms with Crippen LogP contribution in [0.5, 0.6) is 0 Å². The molecule has 0 radical (unpaired) electrons. The summed E-state index contributed by atoms with van der Waals surface area (Å²) in [5, 5.41) is 14.2. The molecule has 7 nitrogen and oxygen atoms in total. The Balaban J connectivity index is 2.07. The van der Waals surface area contributed by atoms with Crippen molar-refractivity contribution in [3.63, 3.8) is 0 Å². The molecule has 0 aliphatic carbocycles. The zero-order chi connectivity index (χ0) is 22.8. The van der Waals surface area contributed by atoms with Crippen molar-refractivity contribution in [1.82, 2.24) is 10.2 Å². The summed E-state index contributed by atoms with van der Waals surface area (Å²) in [7, 11) is 0. The lowest BCUT2D eigenvalue weighted by atomic mass is 10.1. The second-order valence-electron chi connectivity index (χ2n) is 6.88. The van der Waals surface area contributed by atoms with Gasteiger partial charge in [-0.15, -0.1) is 11.8 Å². The molecule has 0 unspecified atom stereocenters. The van der Waals surface area contributed by atoms with Gasteiger partial charge in [0.1, 0.15) is 6.04 Å². The van der Waals surface area contributed by atoms with Crippen molar-refractivity contribution in [3.8, 4) is 0 Å². The van der Waals surface area contributed by atoms with Gasteiger partial charge in [0.2, 0.25) is 11.8 Å². The fourth-order valence-corrected chi connectivity index (χ4v) is 4.05. The summed E-state index contributed by atoms with van der Waals surface area (Å²) in [5.41, 5.74) is 1.82. The molecule has 0 fully saturated rings. The predicted molar refractivity (Wildman–Crippen MR) is 124 cm³/mol. The molecule has 0 spiro atoms. The maximum absolute atomic E-state index is 13.1. The fraction of sp³-hybridized carbons (Fsp3) is 0.364. The van der Waals surface area contributed by atoms with Gasteiger partial charge in [-0.3, -0.25) is 19.7 Å². The number of amides is 2. The molecule has 2 amide bonds. The normalized spacial score (nSPS) is 11.6. The van der Waals surface area contributed by atoms with E-state index in [1.54, 1.807) is 29.2 Å². The first kappa shape index (κ1) is 24.7. The molecule has 31 heavy (non-hydrogen) atoms. The number of halogens is 1. The molecule has 0 aliphatic rings. The summed E-state index contributed by atoms with van der Waals surface area (Å²) in [6.45, 7) is 4.53. The molecular weight excluding hydrogens is 438 g/mol. The molecule has 2 rings (SSSR count). The Morgan fingerprint density at radius 3 is 2.26 bits per heavy atom. The molecule has 1 atom stereocenters. The van der Waals surface area contributed by atoms with E-state index >= 15 is 0 Å². The van der Waals surface area contributed by atoms with Gasteiger partial charge in [-0.25, -0.2) is 0 Å². The Morgan fingerprint density at radius 1 is 1.10 bits per heavy atom. The number of nitro groups is 1. The van der Waals surface area contributed by atoms with Crippen LogP contribution in [-0.2, 0) is 21.9 Å². The third-order valence-corrected chi connectivity index (χ3v) is 5.89.